The van der Waals surface area contributed by atoms with Gasteiger partial charge in [0.1, 0.15) is 11.1 Å². The van der Waals surface area contributed by atoms with Crippen LogP contribution in [0.15, 0.2) is 42.6 Å². The lowest BCUT2D eigenvalue weighted by Gasteiger charge is -2.12. The zero-order valence-electron chi connectivity index (χ0n) is 16.6. The predicted octanol–water partition coefficient (Wildman–Crippen LogP) is 6.06. The van der Waals surface area contributed by atoms with E-state index in [1.165, 1.54) is 11.3 Å². The monoisotopic (exact) mass is 432 g/mol. The van der Waals surface area contributed by atoms with Crippen molar-refractivity contribution in [2.24, 2.45) is 0 Å². The van der Waals surface area contributed by atoms with Crippen molar-refractivity contribution < 1.29 is 4.79 Å². The number of amides is 1. The van der Waals surface area contributed by atoms with Gasteiger partial charge in [0, 0.05) is 21.5 Å². The number of halogens is 1. The number of aryl methyl sites for hydroxylation is 2. The van der Waals surface area contributed by atoms with E-state index in [-0.39, 0.29) is 5.91 Å². The van der Waals surface area contributed by atoms with Crippen LogP contribution in [0.3, 0.4) is 0 Å². The minimum absolute atomic E-state index is 0.306. The molecule has 3 heterocycles. The van der Waals surface area contributed by atoms with E-state index in [2.05, 4.69) is 16.4 Å². The Morgan fingerprint density at radius 1 is 1.13 bits per heavy atom. The molecule has 30 heavy (non-hydrogen) atoms. The van der Waals surface area contributed by atoms with Crippen LogP contribution in [0, 0.1) is 32.1 Å². The third-order valence-electron chi connectivity index (χ3n) is 5.06. The number of pyridine rings is 2. The van der Waals surface area contributed by atoms with E-state index in [0.717, 1.165) is 16.0 Å². The van der Waals surface area contributed by atoms with E-state index in [1.807, 2.05) is 39.0 Å². The molecule has 0 unspecified atom stereocenters. The molecule has 0 spiro atoms. The first-order valence-corrected chi connectivity index (χ1v) is 10.4. The molecule has 4 aromatic rings. The van der Waals surface area contributed by atoms with Gasteiger partial charge in [0.05, 0.1) is 28.0 Å². The molecule has 0 aliphatic carbocycles. The maximum Gasteiger partial charge on any atom is 0.257 e. The zero-order chi connectivity index (χ0) is 21.4. The Balaban J connectivity index is 1.89. The first-order valence-electron chi connectivity index (χ1n) is 9.23. The number of anilines is 1. The molecule has 1 amide bonds. The lowest BCUT2D eigenvalue weighted by molar-refractivity contribution is 0.102. The number of benzene rings is 1. The Morgan fingerprint density at radius 2 is 1.93 bits per heavy atom. The van der Waals surface area contributed by atoms with E-state index in [0.29, 0.717) is 43.4 Å². The molecular formula is C23H17ClN4OS. The summed E-state index contributed by atoms with van der Waals surface area (Å²) in [7, 11) is 0. The molecular weight excluding hydrogens is 416 g/mol. The second kappa shape index (κ2) is 7.86. The summed E-state index contributed by atoms with van der Waals surface area (Å²) in [5.74, 6) is -0.306. The molecule has 3 aromatic heterocycles. The largest absolute Gasteiger partial charge is 0.312 e. The van der Waals surface area contributed by atoms with E-state index >= 15 is 0 Å². The van der Waals surface area contributed by atoms with Crippen molar-refractivity contribution >= 4 is 44.7 Å². The SMILES string of the molecule is Cc1sc(NC(=O)c2cc(-c3ccccn3)nc3c(C)c(Cl)ccc23)c(C#N)c1C. The van der Waals surface area contributed by atoms with Gasteiger partial charge in [-0.15, -0.1) is 11.3 Å². The number of rotatable bonds is 3. The first-order chi connectivity index (χ1) is 14.4. The van der Waals surface area contributed by atoms with Crippen molar-refractivity contribution in [1.82, 2.24) is 9.97 Å². The Bertz CT molecular complexity index is 1340. The second-order valence-electron chi connectivity index (χ2n) is 6.89. The molecule has 0 atom stereocenters. The van der Waals surface area contributed by atoms with Gasteiger partial charge < -0.3 is 5.32 Å². The molecule has 5 nitrogen and oxygen atoms in total. The van der Waals surface area contributed by atoms with Gasteiger partial charge in [-0.25, -0.2) is 4.98 Å². The smallest absolute Gasteiger partial charge is 0.257 e. The van der Waals surface area contributed by atoms with Crippen LogP contribution in [0.2, 0.25) is 5.02 Å². The third kappa shape index (κ3) is 3.43. The summed E-state index contributed by atoms with van der Waals surface area (Å²) in [5.41, 5.74) is 4.51. The molecule has 0 saturated carbocycles. The van der Waals surface area contributed by atoms with Crippen LogP contribution in [0.5, 0.6) is 0 Å². The van der Waals surface area contributed by atoms with Crippen LogP contribution in [0.1, 0.15) is 31.9 Å². The van der Waals surface area contributed by atoms with Gasteiger partial charge in [0.25, 0.3) is 5.91 Å². The van der Waals surface area contributed by atoms with Crippen LogP contribution < -0.4 is 5.32 Å². The Morgan fingerprint density at radius 3 is 2.63 bits per heavy atom. The number of fused-ring (bicyclic) bond motifs is 1. The zero-order valence-corrected chi connectivity index (χ0v) is 18.1. The molecule has 148 valence electrons. The molecule has 4 rings (SSSR count). The molecule has 7 heteroatoms. The maximum absolute atomic E-state index is 13.3. The normalized spacial score (nSPS) is 10.8. The fraction of sp³-hybridized carbons (Fsp3) is 0.130. The molecule has 0 saturated heterocycles. The number of thiophene rings is 1. The van der Waals surface area contributed by atoms with Crippen LogP contribution in [0.4, 0.5) is 5.00 Å². The number of carbonyl (C=O) groups excluding carboxylic acids is 1. The topological polar surface area (TPSA) is 78.7 Å². The quantitative estimate of drug-likeness (QED) is 0.426. The van der Waals surface area contributed by atoms with Gasteiger partial charge in [-0.05, 0) is 56.2 Å². The molecule has 1 aromatic carbocycles. The van der Waals surface area contributed by atoms with E-state index in [1.54, 1.807) is 24.4 Å². The van der Waals surface area contributed by atoms with Gasteiger partial charge in [0.2, 0.25) is 0 Å². The first kappa shape index (κ1) is 20.0. The maximum atomic E-state index is 13.3. The summed E-state index contributed by atoms with van der Waals surface area (Å²) >= 11 is 7.71. The summed E-state index contributed by atoms with van der Waals surface area (Å²) in [6.45, 7) is 5.69. The van der Waals surface area contributed by atoms with Crippen molar-refractivity contribution in [3.8, 4) is 17.5 Å². The summed E-state index contributed by atoms with van der Waals surface area (Å²) in [6, 6.07) is 13.0. The van der Waals surface area contributed by atoms with Gasteiger partial charge in [-0.2, -0.15) is 5.26 Å². The molecule has 1 N–H and O–H groups in total. The lowest BCUT2D eigenvalue weighted by Crippen LogP contribution is -2.13. The van der Waals surface area contributed by atoms with Gasteiger partial charge >= 0.3 is 0 Å². The molecule has 0 fully saturated rings. The van der Waals surface area contributed by atoms with Crippen LogP contribution in [0.25, 0.3) is 22.3 Å². The minimum atomic E-state index is -0.306. The minimum Gasteiger partial charge on any atom is -0.312 e. The third-order valence-corrected chi connectivity index (χ3v) is 6.60. The predicted molar refractivity (Wildman–Crippen MR) is 121 cm³/mol. The number of nitriles is 1. The van der Waals surface area contributed by atoms with Gasteiger partial charge in [-0.1, -0.05) is 23.7 Å². The fourth-order valence-corrected chi connectivity index (χ4v) is 4.42. The molecule has 0 radical (unpaired) electrons. The number of nitrogens with zero attached hydrogens (tertiary/aromatic N) is 3. The fourth-order valence-electron chi connectivity index (χ4n) is 3.26. The van der Waals surface area contributed by atoms with E-state index < -0.39 is 0 Å². The molecule has 0 aliphatic heterocycles. The van der Waals surface area contributed by atoms with Crippen LogP contribution in [-0.2, 0) is 0 Å². The lowest BCUT2D eigenvalue weighted by atomic mass is 10.0. The number of carbonyl (C=O) groups is 1. The Kier molecular flexibility index (Phi) is 5.25. The van der Waals surface area contributed by atoms with Crippen molar-refractivity contribution in [2.45, 2.75) is 20.8 Å². The van der Waals surface area contributed by atoms with E-state index in [9.17, 15) is 10.1 Å². The van der Waals surface area contributed by atoms with Crippen LogP contribution >= 0.6 is 22.9 Å². The summed E-state index contributed by atoms with van der Waals surface area (Å²) in [4.78, 5) is 23.4. The summed E-state index contributed by atoms with van der Waals surface area (Å²) < 4.78 is 0. The van der Waals surface area contributed by atoms with Crippen molar-refractivity contribution in [3.05, 3.63) is 74.7 Å². The average molecular weight is 433 g/mol. The van der Waals surface area contributed by atoms with Crippen molar-refractivity contribution in [3.63, 3.8) is 0 Å². The average Bonchev–Trinajstić information content (AvgIpc) is 3.03. The standard InChI is InChI=1S/C23H17ClN4OS/c1-12-14(3)30-23(17(12)11-25)28-22(29)16-10-20(19-6-4-5-9-26-19)27-21-13(2)18(24)8-7-15(16)21/h4-10H,1-3H3,(H,28,29). The molecule has 0 bridgehead atoms. The highest BCUT2D eigenvalue weighted by Gasteiger charge is 2.20. The molecule has 0 aliphatic rings. The van der Waals surface area contributed by atoms with Gasteiger partial charge in [0.15, 0.2) is 0 Å². The number of nitrogens with one attached hydrogen (secondary N) is 1. The van der Waals surface area contributed by atoms with Crippen LogP contribution in [-0.4, -0.2) is 15.9 Å². The summed E-state index contributed by atoms with van der Waals surface area (Å²) in [6.07, 6.45) is 1.68. The highest BCUT2D eigenvalue weighted by Crippen LogP contribution is 2.34. The Labute approximate surface area is 183 Å². The second-order valence-corrected chi connectivity index (χ2v) is 8.52. The highest BCUT2D eigenvalue weighted by atomic mass is 35.5. The number of hydrogen-bond acceptors (Lipinski definition) is 5. The van der Waals surface area contributed by atoms with Crippen molar-refractivity contribution in [1.29, 1.82) is 5.26 Å². The van der Waals surface area contributed by atoms with Crippen molar-refractivity contribution in [2.75, 3.05) is 5.32 Å². The van der Waals surface area contributed by atoms with Gasteiger partial charge in [-0.3, -0.25) is 9.78 Å². The van der Waals surface area contributed by atoms with E-state index in [4.69, 9.17) is 16.6 Å². The Hall–Kier alpha value is -3.27. The number of aromatic nitrogens is 2. The summed E-state index contributed by atoms with van der Waals surface area (Å²) in [5, 5.41) is 14.2. The number of hydrogen-bond donors (Lipinski definition) is 1. The highest BCUT2D eigenvalue weighted by molar-refractivity contribution is 7.16.